The Labute approximate surface area is 90.5 Å². The minimum absolute atomic E-state index is 0.00303. The lowest BCUT2D eigenvalue weighted by molar-refractivity contribution is -0.148. The van der Waals surface area contributed by atoms with Crippen molar-refractivity contribution >= 4 is 5.97 Å². The number of esters is 1. The molecule has 14 heavy (non-hydrogen) atoms. The summed E-state index contributed by atoms with van der Waals surface area (Å²) < 4.78 is 28.6. The van der Waals surface area contributed by atoms with Crippen molar-refractivity contribution in [3.05, 3.63) is 12.2 Å². The van der Waals surface area contributed by atoms with E-state index in [1.807, 2.05) is 20.8 Å². The van der Waals surface area contributed by atoms with Crippen molar-refractivity contribution in [1.29, 1.82) is 0 Å². The third-order valence-electron chi connectivity index (χ3n) is 2.43. The molecule has 2 unspecified atom stereocenters. The van der Waals surface area contributed by atoms with Crippen molar-refractivity contribution in [2.24, 2.45) is 17.2 Å². The molecule has 0 spiro atoms. The Morgan fingerprint density at radius 1 is 1.64 bits per heavy atom. The summed E-state index contributed by atoms with van der Waals surface area (Å²) in [6.07, 6.45) is 1.36. The van der Waals surface area contributed by atoms with E-state index in [-0.39, 0.29) is 6.42 Å². The average Bonchev–Trinajstić information content (AvgIpc) is 2.19. The zero-order valence-corrected chi connectivity index (χ0v) is 9.26. The molecule has 0 aromatic heterocycles. The monoisotopic (exact) mass is 199 g/mol. The number of carbonyl (C=O) groups is 1. The second-order valence-corrected chi connectivity index (χ2v) is 4.52. The topological polar surface area (TPSA) is 26.3 Å². The maximum atomic E-state index is 11.8. The number of hydrogen-bond acceptors (Lipinski definition) is 2. The van der Waals surface area contributed by atoms with Crippen molar-refractivity contribution in [2.45, 2.75) is 33.6 Å². The molecule has 0 saturated heterocycles. The van der Waals surface area contributed by atoms with E-state index in [9.17, 15) is 4.79 Å². The minimum Gasteiger partial charge on any atom is -0.469 e. The molecule has 1 aliphatic carbocycles. The van der Waals surface area contributed by atoms with Gasteiger partial charge in [-0.1, -0.05) is 32.9 Å². The molecule has 2 heteroatoms. The highest BCUT2D eigenvalue weighted by atomic mass is 16.5. The van der Waals surface area contributed by atoms with Gasteiger partial charge in [0.25, 0.3) is 0 Å². The smallest absolute Gasteiger partial charge is 0.309 e. The number of methoxy groups -OCH3 is 1. The van der Waals surface area contributed by atoms with Crippen LogP contribution >= 0.6 is 0 Å². The van der Waals surface area contributed by atoms with Gasteiger partial charge in [-0.05, 0) is 24.1 Å². The van der Waals surface area contributed by atoms with Crippen molar-refractivity contribution < 1.29 is 13.6 Å². The molecule has 0 aromatic carbocycles. The van der Waals surface area contributed by atoms with Crippen molar-refractivity contribution in [2.75, 3.05) is 7.11 Å². The van der Waals surface area contributed by atoms with Crippen LogP contribution in [0.1, 0.15) is 37.7 Å². The van der Waals surface area contributed by atoms with E-state index in [0.717, 1.165) is 0 Å². The molecule has 80 valence electrons. The van der Waals surface area contributed by atoms with Crippen LogP contribution in [0, 0.1) is 17.2 Å². The zero-order valence-electron chi connectivity index (χ0n) is 12.3. The first-order valence-electron chi connectivity index (χ1n) is 6.32. The van der Waals surface area contributed by atoms with Crippen LogP contribution in [0.3, 0.4) is 0 Å². The lowest BCUT2D eigenvalue weighted by atomic mass is 9.69. The van der Waals surface area contributed by atoms with E-state index in [1.54, 1.807) is 0 Å². The third kappa shape index (κ3) is 2.37. The predicted molar refractivity (Wildman–Crippen MR) is 56.8 cm³/mol. The highest BCUT2D eigenvalue weighted by Gasteiger charge is 2.36. The van der Waals surface area contributed by atoms with Gasteiger partial charge in [0, 0.05) is 4.11 Å². The van der Waals surface area contributed by atoms with Crippen LogP contribution in [0.15, 0.2) is 12.2 Å². The van der Waals surface area contributed by atoms with Crippen LogP contribution in [0.5, 0.6) is 0 Å². The summed E-state index contributed by atoms with van der Waals surface area (Å²) in [5.41, 5.74) is -0.459. The maximum Gasteiger partial charge on any atom is 0.309 e. The first kappa shape index (κ1) is 7.49. The average molecular weight is 199 g/mol. The van der Waals surface area contributed by atoms with Gasteiger partial charge in [-0.25, -0.2) is 0 Å². The zero-order chi connectivity index (χ0) is 13.5. The van der Waals surface area contributed by atoms with Gasteiger partial charge in [0.2, 0.25) is 0 Å². The molecule has 2 atom stereocenters. The van der Waals surface area contributed by atoms with Crippen LogP contribution in [-0.2, 0) is 9.53 Å². The number of rotatable bonds is 1. The summed E-state index contributed by atoms with van der Waals surface area (Å²) in [6, 6.07) is 0. The predicted octanol–water partition coefficient (Wildman–Crippen LogP) is 2.79. The summed E-state index contributed by atoms with van der Waals surface area (Å²) in [5, 5.41) is 0. The Kier molecular flexibility index (Phi) is 2.23. The molecule has 1 rings (SSSR count). The summed E-state index contributed by atoms with van der Waals surface area (Å²) in [7, 11) is 1.28. The molecule has 0 fully saturated rings. The van der Waals surface area contributed by atoms with E-state index in [2.05, 4.69) is 0 Å². The van der Waals surface area contributed by atoms with E-state index >= 15 is 0 Å². The standard InChI is InChI=1S/C12H20O2/c1-12(2,3)10-8-6-5-7-9(10)11(13)14-4/h6,8-10H,5,7H2,1-4H3/i5D2,10D. The Bertz CT molecular complexity index is 344. The van der Waals surface area contributed by atoms with Gasteiger partial charge in [0.15, 0.2) is 0 Å². The fraction of sp³-hybridized carbons (Fsp3) is 0.750. The van der Waals surface area contributed by atoms with Crippen LogP contribution in [0.4, 0.5) is 0 Å². The second kappa shape index (κ2) is 4.16. The molecule has 0 bridgehead atoms. The van der Waals surface area contributed by atoms with E-state index in [0.29, 0.717) is 0 Å². The summed E-state index contributed by atoms with van der Waals surface area (Å²) >= 11 is 0. The van der Waals surface area contributed by atoms with Crippen molar-refractivity contribution in [3.63, 3.8) is 0 Å². The van der Waals surface area contributed by atoms with E-state index < -0.39 is 29.6 Å². The lowest BCUT2D eigenvalue weighted by Crippen LogP contribution is -2.34. The lowest BCUT2D eigenvalue weighted by Gasteiger charge is -2.35. The van der Waals surface area contributed by atoms with Gasteiger partial charge >= 0.3 is 5.97 Å². The molecule has 0 aromatic rings. The van der Waals surface area contributed by atoms with Gasteiger partial charge < -0.3 is 4.74 Å². The van der Waals surface area contributed by atoms with Gasteiger partial charge in [-0.3, -0.25) is 4.79 Å². The number of carbonyl (C=O) groups excluding carboxylic acids is 1. The minimum atomic E-state index is -1.55. The largest absolute Gasteiger partial charge is 0.469 e. The molecule has 0 heterocycles. The Balaban J connectivity index is 3.22. The van der Waals surface area contributed by atoms with Crippen LogP contribution in [0.2, 0.25) is 0 Å². The van der Waals surface area contributed by atoms with Gasteiger partial charge in [0.1, 0.15) is 0 Å². The van der Waals surface area contributed by atoms with Gasteiger partial charge in [-0.15, -0.1) is 0 Å². The molecular formula is C12H20O2. The highest BCUT2D eigenvalue weighted by molar-refractivity contribution is 5.73. The molecule has 0 saturated carbocycles. The van der Waals surface area contributed by atoms with E-state index in [1.165, 1.54) is 19.3 Å². The summed E-state index contributed by atoms with van der Waals surface area (Å²) in [4.78, 5) is 11.8. The first-order chi connectivity index (χ1) is 7.53. The molecule has 0 N–H and O–H groups in total. The van der Waals surface area contributed by atoms with Gasteiger partial charge in [0.05, 0.1) is 13.0 Å². The maximum absolute atomic E-state index is 11.8. The number of hydrogen-bond donors (Lipinski definition) is 0. The summed E-state index contributed by atoms with van der Waals surface area (Å²) in [5.74, 6) is -2.42. The number of ether oxygens (including phenoxy) is 1. The second-order valence-electron chi connectivity index (χ2n) is 4.52. The third-order valence-corrected chi connectivity index (χ3v) is 2.43. The SMILES string of the molecule is [2H]C1([2H])C=CC([2H])(C(C)(C)C)C(C(=O)OC)C1. The Morgan fingerprint density at radius 3 is 2.79 bits per heavy atom. The molecule has 1 aliphatic rings. The fourth-order valence-electron chi connectivity index (χ4n) is 1.69. The van der Waals surface area contributed by atoms with Crippen LogP contribution in [-0.4, -0.2) is 13.1 Å². The van der Waals surface area contributed by atoms with Crippen LogP contribution < -0.4 is 0 Å². The molecular weight excluding hydrogens is 176 g/mol. The van der Waals surface area contributed by atoms with Crippen LogP contribution in [0.25, 0.3) is 0 Å². The fourth-order valence-corrected chi connectivity index (χ4v) is 1.69. The van der Waals surface area contributed by atoms with Gasteiger partial charge in [-0.2, -0.15) is 0 Å². The number of allylic oxidation sites excluding steroid dienone is 2. The first-order valence-corrected chi connectivity index (χ1v) is 4.82. The van der Waals surface area contributed by atoms with Crippen molar-refractivity contribution in [1.82, 2.24) is 0 Å². The normalized spacial score (nSPS) is 39.4. The molecule has 0 amide bonds. The Hall–Kier alpha value is -0.790. The quantitative estimate of drug-likeness (QED) is 0.479. The molecule has 2 nitrogen and oxygen atoms in total. The van der Waals surface area contributed by atoms with E-state index in [4.69, 9.17) is 8.85 Å². The molecule has 0 radical (unpaired) electrons. The molecule has 0 aliphatic heterocycles. The Morgan fingerprint density at radius 2 is 2.29 bits per heavy atom. The summed E-state index contributed by atoms with van der Waals surface area (Å²) in [6.45, 7) is 5.63. The van der Waals surface area contributed by atoms with Crippen molar-refractivity contribution in [3.8, 4) is 0 Å². The highest BCUT2D eigenvalue weighted by Crippen LogP contribution is 2.38.